The maximum atomic E-state index is 11.3. The summed E-state index contributed by atoms with van der Waals surface area (Å²) in [5.74, 6) is 0. The number of hydrogen-bond acceptors (Lipinski definition) is 5. The van der Waals surface area contributed by atoms with Crippen LogP contribution in [0.25, 0.3) is 10.9 Å². The highest BCUT2D eigenvalue weighted by molar-refractivity contribution is 9.10. The molecule has 1 fully saturated rings. The number of pyridine rings is 1. The molecule has 0 saturated carbocycles. The van der Waals surface area contributed by atoms with Gasteiger partial charge in [-0.2, -0.15) is 0 Å². The second-order valence-electron chi connectivity index (χ2n) is 5.55. The molecule has 0 bridgehead atoms. The van der Waals surface area contributed by atoms with Crippen LogP contribution in [0.2, 0.25) is 0 Å². The van der Waals surface area contributed by atoms with Crippen molar-refractivity contribution in [3.63, 3.8) is 0 Å². The van der Waals surface area contributed by atoms with Gasteiger partial charge in [0.1, 0.15) is 11.9 Å². The summed E-state index contributed by atoms with van der Waals surface area (Å²) < 4.78 is 0.870. The third-order valence-corrected chi connectivity index (χ3v) is 4.30. The molecule has 1 unspecified atom stereocenters. The van der Waals surface area contributed by atoms with E-state index in [2.05, 4.69) is 38.5 Å². The van der Waals surface area contributed by atoms with Crippen molar-refractivity contribution in [1.82, 2.24) is 10.3 Å². The molecule has 2 heterocycles. The first-order valence-electron chi connectivity index (χ1n) is 6.70. The van der Waals surface area contributed by atoms with Crippen molar-refractivity contribution in [3.05, 3.63) is 39.0 Å². The van der Waals surface area contributed by atoms with Gasteiger partial charge in [0, 0.05) is 21.9 Å². The minimum Gasteiger partial charge on any atom is -0.372 e. The van der Waals surface area contributed by atoms with Gasteiger partial charge < -0.3 is 10.6 Å². The van der Waals surface area contributed by atoms with E-state index in [1.165, 1.54) is 6.20 Å². The monoisotopic (exact) mass is 350 g/mol. The number of aromatic nitrogens is 1. The van der Waals surface area contributed by atoms with Gasteiger partial charge in [0.15, 0.2) is 0 Å². The topological polar surface area (TPSA) is 80.1 Å². The second kappa shape index (κ2) is 5.23. The number of fused-ring (bicyclic) bond motifs is 1. The fraction of sp³-hybridized carbons (Fsp3) is 0.357. The van der Waals surface area contributed by atoms with Crippen molar-refractivity contribution in [1.29, 1.82) is 0 Å². The Balaban J connectivity index is 2.18. The molecule has 7 heteroatoms. The van der Waals surface area contributed by atoms with E-state index in [4.69, 9.17) is 0 Å². The lowest BCUT2D eigenvalue weighted by Gasteiger charge is -2.26. The van der Waals surface area contributed by atoms with E-state index in [0.29, 0.717) is 5.69 Å². The maximum absolute atomic E-state index is 11.3. The molecule has 1 saturated heterocycles. The highest BCUT2D eigenvalue weighted by Crippen LogP contribution is 2.36. The number of rotatable bonds is 3. The van der Waals surface area contributed by atoms with Crippen LogP contribution in [-0.2, 0) is 0 Å². The van der Waals surface area contributed by atoms with Gasteiger partial charge in [0.2, 0.25) is 0 Å². The first-order valence-corrected chi connectivity index (χ1v) is 7.49. The molecule has 1 aromatic carbocycles. The van der Waals surface area contributed by atoms with Gasteiger partial charge in [-0.05, 0) is 38.1 Å². The lowest BCUT2D eigenvalue weighted by Crippen LogP contribution is -2.37. The molecule has 0 spiro atoms. The fourth-order valence-corrected chi connectivity index (χ4v) is 3.01. The Morgan fingerprint density at radius 1 is 1.52 bits per heavy atom. The number of nitrogens with one attached hydrogen (secondary N) is 2. The molecule has 1 aromatic heterocycles. The zero-order chi connectivity index (χ0) is 15.0. The fourth-order valence-electron chi connectivity index (χ4n) is 2.65. The number of nitrogens with zero attached hydrogens (tertiary/aromatic N) is 2. The van der Waals surface area contributed by atoms with Gasteiger partial charge in [0.05, 0.1) is 10.4 Å². The smallest absolute Gasteiger partial charge is 0.311 e. The minimum atomic E-state index is -0.387. The Kier molecular flexibility index (Phi) is 3.54. The predicted molar refractivity (Wildman–Crippen MR) is 85.6 cm³/mol. The Morgan fingerprint density at radius 3 is 3.00 bits per heavy atom. The van der Waals surface area contributed by atoms with E-state index in [0.717, 1.165) is 34.9 Å². The summed E-state index contributed by atoms with van der Waals surface area (Å²) in [6.07, 6.45) is 2.24. The molecule has 1 atom stereocenters. The number of anilines is 1. The van der Waals surface area contributed by atoms with Gasteiger partial charge in [-0.1, -0.05) is 15.9 Å². The normalized spacial score (nSPS) is 21.6. The molecule has 1 aliphatic heterocycles. The highest BCUT2D eigenvalue weighted by atomic mass is 79.9. The molecule has 21 heavy (non-hydrogen) atoms. The summed E-state index contributed by atoms with van der Waals surface area (Å²) in [7, 11) is 0. The van der Waals surface area contributed by atoms with Crippen LogP contribution in [0.4, 0.5) is 11.4 Å². The zero-order valence-electron chi connectivity index (χ0n) is 11.5. The van der Waals surface area contributed by atoms with Crippen molar-refractivity contribution >= 4 is 38.2 Å². The first-order chi connectivity index (χ1) is 9.98. The lowest BCUT2D eigenvalue weighted by atomic mass is 10.00. The van der Waals surface area contributed by atoms with E-state index >= 15 is 0 Å². The maximum Gasteiger partial charge on any atom is 0.311 e. The quantitative estimate of drug-likeness (QED) is 0.656. The molecule has 1 aliphatic rings. The summed E-state index contributed by atoms with van der Waals surface area (Å²) in [6.45, 7) is 3.76. The number of benzene rings is 1. The van der Waals surface area contributed by atoms with Crippen molar-refractivity contribution in [2.45, 2.75) is 18.9 Å². The van der Waals surface area contributed by atoms with Crippen LogP contribution >= 0.6 is 15.9 Å². The number of halogens is 1. The van der Waals surface area contributed by atoms with E-state index < -0.39 is 0 Å². The molecule has 0 aliphatic carbocycles. The van der Waals surface area contributed by atoms with Crippen LogP contribution in [0.1, 0.15) is 13.3 Å². The number of nitro groups is 1. The van der Waals surface area contributed by atoms with Crippen molar-refractivity contribution in [2.75, 3.05) is 18.4 Å². The van der Waals surface area contributed by atoms with E-state index in [9.17, 15) is 10.1 Å². The summed E-state index contributed by atoms with van der Waals surface area (Å²) in [5.41, 5.74) is 1.09. The lowest BCUT2D eigenvalue weighted by molar-refractivity contribution is -0.384. The minimum absolute atomic E-state index is 0.00808. The van der Waals surface area contributed by atoms with Gasteiger partial charge in [-0.3, -0.25) is 10.1 Å². The summed E-state index contributed by atoms with van der Waals surface area (Å²) in [4.78, 5) is 15.1. The molecule has 0 radical (unpaired) electrons. The van der Waals surface area contributed by atoms with Crippen LogP contribution in [-0.4, -0.2) is 28.5 Å². The summed E-state index contributed by atoms with van der Waals surface area (Å²) in [6, 6.07) is 5.59. The molecule has 2 N–H and O–H groups in total. The Morgan fingerprint density at radius 2 is 2.33 bits per heavy atom. The molecule has 2 aromatic rings. The van der Waals surface area contributed by atoms with E-state index in [1.54, 1.807) is 0 Å². The average molecular weight is 351 g/mol. The number of hydrogen-bond donors (Lipinski definition) is 2. The Hall–Kier alpha value is -1.73. The van der Waals surface area contributed by atoms with Crippen LogP contribution < -0.4 is 10.6 Å². The largest absolute Gasteiger partial charge is 0.372 e. The van der Waals surface area contributed by atoms with Crippen molar-refractivity contribution in [3.8, 4) is 0 Å². The SMILES string of the molecule is CC1(Nc2c([N+](=O)[O-])cnc3ccc(Br)cc23)CCNC1. The first kappa shape index (κ1) is 14.2. The highest BCUT2D eigenvalue weighted by Gasteiger charge is 2.31. The molecular weight excluding hydrogens is 336 g/mol. The molecule has 110 valence electrons. The average Bonchev–Trinajstić information content (AvgIpc) is 2.85. The van der Waals surface area contributed by atoms with Gasteiger partial charge in [-0.25, -0.2) is 4.98 Å². The molecule has 3 rings (SSSR count). The van der Waals surface area contributed by atoms with Gasteiger partial charge in [0.25, 0.3) is 0 Å². The second-order valence-corrected chi connectivity index (χ2v) is 6.47. The van der Waals surface area contributed by atoms with Crippen molar-refractivity contribution < 1.29 is 4.92 Å². The molecule has 0 amide bonds. The van der Waals surface area contributed by atoms with Crippen molar-refractivity contribution in [2.24, 2.45) is 0 Å². The predicted octanol–water partition coefficient (Wildman–Crippen LogP) is 3.07. The van der Waals surface area contributed by atoms with Gasteiger partial charge >= 0.3 is 5.69 Å². The van der Waals surface area contributed by atoms with Crippen LogP contribution in [0.15, 0.2) is 28.9 Å². The van der Waals surface area contributed by atoms with E-state index in [-0.39, 0.29) is 16.1 Å². The molecular formula is C14H15BrN4O2. The standard InChI is InChI=1S/C14H15BrN4O2/c1-14(4-5-16-8-14)18-13-10-6-9(15)2-3-11(10)17-7-12(13)19(20)21/h2-3,6-7,16H,4-5,8H2,1H3,(H,17,18). The summed E-state index contributed by atoms with van der Waals surface area (Å²) >= 11 is 3.42. The zero-order valence-corrected chi connectivity index (χ0v) is 13.1. The van der Waals surface area contributed by atoms with Crippen LogP contribution in [0.3, 0.4) is 0 Å². The summed E-state index contributed by atoms with van der Waals surface area (Å²) in [5, 5.41) is 18.7. The van der Waals surface area contributed by atoms with Crippen LogP contribution in [0.5, 0.6) is 0 Å². The van der Waals surface area contributed by atoms with Crippen LogP contribution in [0, 0.1) is 10.1 Å². The third-order valence-electron chi connectivity index (χ3n) is 3.80. The van der Waals surface area contributed by atoms with E-state index in [1.807, 2.05) is 18.2 Å². The molecule has 6 nitrogen and oxygen atoms in total. The third kappa shape index (κ3) is 2.71. The Bertz CT molecular complexity index is 713. The van der Waals surface area contributed by atoms with Gasteiger partial charge in [-0.15, -0.1) is 0 Å². The Labute approximate surface area is 130 Å².